The van der Waals surface area contributed by atoms with E-state index in [9.17, 15) is 9.18 Å². The van der Waals surface area contributed by atoms with Crippen molar-refractivity contribution in [3.05, 3.63) is 35.0 Å². The van der Waals surface area contributed by atoms with Gasteiger partial charge in [0.2, 0.25) is 5.91 Å². The number of nitrogens with zero attached hydrogens (tertiary/aromatic N) is 2. The molecule has 2 aromatic rings. The van der Waals surface area contributed by atoms with Crippen molar-refractivity contribution in [2.24, 2.45) is 0 Å². The highest BCUT2D eigenvalue weighted by Crippen LogP contribution is 2.29. The van der Waals surface area contributed by atoms with Gasteiger partial charge >= 0.3 is 0 Å². The van der Waals surface area contributed by atoms with Crippen molar-refractivity contribution in [1.29, 1.82) is 0 Å². The van der Waals surface area contributed by atoms with E-state index in [1.54, 1.807) is 17.4 Å². The van der Waals surface area contributed by atoms with E-state index in [-0.39, 0.29) is 11.7 Å². The number of anilines is 1. The molecule has 128 valence electrons. The molecular weight excluding hydrogens is 329 g/mol. The fourth-order valence-electron chi connectivity index (χ4n) is 2.58. The normalized spacial score (nSPS) is 14.7. The number of amides is 1. The molecule has 24 heavy (non-hydrogen) atoms. The number of rotatable bonds is 5. The van der Waals surface area contributed by atoms with Crippen molar-refractivity contribution >= 4 is 22.4 Å². The average molecular weight is 349 g/mol. The Labute approximate surface area is 144 Å². The van der Waals surface area contributed by atoms with Crippen LogP contribution >= 0.6 is 11.3 Å². The molecule has 0 unspecified atom stereocenters. The molecule has 2 heterocycles. The number of morpholine rings is 1. The molecule has 1 fully saturated rings. The summed E-state index contributed by atoms with van der Waals surface area (Å²) in [5, 5.41) is 5.58. The zero-order valence-corrected chi connectivity index (χ0v) is 14.4. The molecule has 1 aliphatic rings. The molecule has 7 heteroatoms. The second-order valence-electron chi connectivity index (χ2n) is 5.65. The minimum Gasteiger partial charge on any atom is -0.378 e. The second kappa shape index (κ2) is 7.72. The van der Waals surface area contributed by atoms with E-state index in [1.807, 2.05) is 11.4 Å². The minimum atomic E-state index is -0.265. The fraction of sp³-hybridized carbons (Fsp3) is 0.412. The molecule has 0 aliphatic carbocycles. The van der Waals surface area contributed by atoms with Crippen LogP contribution in [0.1, 0.15) is 12.5 Å². The van der Waals surface area contributed by atoms with Crippen molar-refractivity contribution in [3.8, 4) is 11.3 Å². The van der Waals surface area contributed by atoms with Crippen LogP contribution in [0.15, 0.2) is 23.6 Å². The summed E-state index contributed by atoms with van der Waals surface area (Å²) in [5.74, 6) is -0.371. The van der Waals surface area contributed by atoms with Gasteiger partial charge in [0.15, 0.2) is 5.13 Å². The van der Waals surface area contributed by atoms with Gasteiger partial charge in [-0.25, -0.2) is 9.37 Å². The van der Waals surface area contributed by atoms with Crippen LogP contribution in [-0.2, 0) is 16.0 Å². The van der Waals surface area contributed by atoms with E-state index in [2.05, 4.69) is 15.2 Å². The maximum atomic E-state index is 14.3. The van der Waals surface area contributed by atoms with Gasteiger partial charge in [-0.15, -0.1) is 11.3 Å². The Morgan fingerprint density at radius 3 is 2.92 bits per heavy atom. The molecular formula is C17H20FN3O2S. The van der Waals surface area contributed by atoms with Gasteiger partial charge in [-0.05, 0) is 18.1 Å². The van der Waals surface area contributed by atoms with Crippen LogP contribution in [0, 0.1) is 5.82 Å². The predicted octanol–water partition coefficient (Wildman–Crippen LogP) is 2.46. The number of aromatic nitrogens is 1. The zero-order valence-electron chi connectivity index (χ0n) is 13.5. The molecule has 3 rings (SSSR count). The van der Waals surface area contributed by atoms with E-state index in [1.165, 1.54) is 13.0 Å². The molecule has 1 N–H and O–H groups in total. The molecule has 1 aromatic carbocycles. The minimum absolute atomic E-state index is 0.106. The highest BCUT2D eigenvalue weighted by atomic mass is 32.1. The van der Waals surface area contributed by atoms with Crippen molar-refractivity contribution in [2.45, 2.75) is 13.3 Å². The largest absolute Gasteiger partial charge is 0.378 e. The Balaban J connectivity index is 1.69. The number of halogens is 1. The Bertz CT molecular complexity index is 714. The summed E-state index contributed by atoms with van der Waals surface area (Å²) < 4.78 is 19.6. The Morgan fingerprint density at radius 1 is 1.42 bits per heavy atom. The Morgan fingerprint density at radius 2 is 2.21 bits per heavy atom. The van der Waals surface area contributed by atoms with E-state index in [0.717, 1.165) is 29.5 Å². The topological polar surface area (TPSA) is 54.5 Å². The first-order valence-corrected chi connectivity index (χ1v) is 8.83. The number of benzene rings is 1. The van der Waals surface area contributed by atoms with Gasteiger partial charge < -0.3 is 15.0 Å². The maximum absolute atomic E-state index is 14.3. The van der Waals surface area contributed by atoms with Crippen LogP contribution in [0.25, 0.3) is 11.3 Å². The first-order valence-electron chi connectivity index (χ1n) is 7.95. The van der Waals surface area contributed by atoms with Gasteiger partial charge in [-0.3, -0.25) is 4.79 Å². The molecule has 5 nitrogen and oxygen atoms in total. The van der Waals surface area contributed by atoms with E-state index in [0.29, 0.717) is 31.7 Å². The van der Waals surface area contributed by atoms with E-state index < -0.39 is 0 Å². The third-order valence-electron chi connectivity index (χ3n) is 3.89. The van der Waals surface area contributed by atoms with Crippen LogP contribution < -0.4 is 10.2 Å². The number of hydrogen-bond donors (Lipinski definition) is 1. The number of carbonyl (C=O) groups excluding carboxylic acids is 1. The number of hydrogen-bond acceptors (Lipinski definition) is 5. The van der Waals surface area contributed by atoms with Crippen LogP contribution in [0.2, 0.25) is 0 Å². The lowest BCUT2D eigenvalue weighted by atomic mass is 10.1. The average Bonchev–Trinajstić information content (AvgIpc) is 3.07. The highest BCUT2D eigenvalue weighted by Gasteiger charge is 2.15. The molecule has 0 saturated carbocycles. The predicted molar refractivity (Wildman–Crippen MR) is 92.9 cm³/mol. The molecule has 1 aromatic heterocycles. The van der Waals surface area contributed by atoms with E-state index >= 15 is 0 Å². The summed E-state index contributed by atoms with van der Waals surface area (Å²) in [5.41, 5.74) is 2.15. The second-order valence-corrected chi connectivity index (χ2v) is 6.49. The van der Waals surface area contributed by atoms with Crippen LogP contribution in [0.5, 0.6) is 0 Å². The highest BCUT2D eigenvalue weighted by molar-refractivity contribution is 7.14. The lowest BCUT2D eigenvalue weighted by Gasteiger charge is -2.26. The third-order valence-corrected chi connectivity index (χ3v) is 4.79. The summed E-state index contributed by atoms with van der Waals surface area (Å²) >= 11 is 1.57. The monoisotopic (exact) mass is 349 g/mol. The van der Waals surface area contributed by atoms with Crippen LogP contribution in [0.3, 0.4) is 0 Å². The summed E-state index contributed by atoms with van der Waals surface area (Å²) in [7, 11) is 0. The van der Waals surface area contributed by atoms with E-state index in [4.69, 9.17) is 4.74 Å². The molecule has 0 atom stereocenters. The van der Waals surface area contributed by atoms with Crippen LogP contribution in [-0.4, -0.2) is 43.7 Å². The number of carbonyl (C=O) groups is 1. The van der Waals surface area contributed by atoms with Gasteiger partial charge in [-0.1, -0.05) is 12.1 Å². The van der Waals surface area contributed by atoms with Gasteiger partial charge in [0, 0.05) is 37.5 Å². The van der Waals surface area contributed by atoms with Crippen molar-refractivity contribution in [2.75, 3.05) is 37.7 Å². The zero-order chi connectivity index (χ0) is 16.9. The van der Waals surface area contributed by atoms with Crippen molar-refractivity contribution < 1.29 is 13.9 Å². The number of ether oxygens (including phenoxy) is 1. The molecule has 1 aliphatic heterocycles. The Hall–Kier alpha value is -1.99. The summed E-state index contributed by atoms with van der Waals surface area (Å²) in [6.07, 6.45) is 0.474. The smallest absolute Gasteiger partial charge is 0.216 e. The maximum Gasteiger partial charge on any atom is 0.216 e. The lowest BCUT2D eigenvalue weighted by molar-refractivity contribution is -0.118. The molecule has 0 spiro atoms. The summed E-state index contributed by atoms with van der Waals surface area (Å²) in [6, 6.07) is 5.16. The Kier molecular flexibility index (Phi) is 5.42. The fourth-order valence-corrected chi connectivity index (χ4v) is 3.47. The molecule has 1 amide bonds. The summed E-state index contributed by atoms with van der Waals surface area (Å²) in [6.45, 7) is 4.99. The number of thiazole rings is 1. The third kappa shape index (κ3) is 4.10. The quantitative estimate of drug-likeness (QED) is 0.901. The SMILES string of the molecule is CC(=O)NCCc1ccc(-c2csc(N3CCOCC3)n2)cc1F. The van der Waals surface area contributed by atoms with Crippen molar-refractivity contribution in [3.63, 3.8) is 0 Å². The number of nitrogens with one attached hydrogen (secondary N) is 1. The van der Waals surface area contributed by atoms with Crippen LogP contribution in [0.4, 0.5) is 9.52 Å². The first-order chi connectivity index (χ1) is 11.6. The molecule has 0 bridgehead atoms. The van der Waals surface area contributed by atoms with Gasteiger partial charge in [0.05, 0.1) is 18.9 Å². The van der Waals surface area contributed by atoms with Gasteiger partial charge in [0.1, 0.15) is 5.82 Å². The summed E-state index contributed by atoms with van der Waals surface area (Å²) in [4.78, 5) is 17.7. The lowest BCUT2D eigenvalue weighted by Crippen LogP contribution is -2.36. The van der Waals surface area contributed by atoms with Crippen molar-refractivity contribution in [1.82, 2.24) is 10.3 Å². The van der Waals surface area contributed by atoms with Gasteiger partial charge in [-0.2, -0.15) is 0 Å². The standard InChI is InChI=1S/C17H20FN3O2S/c1-12(22)19-5-4-13-2-3-14(10-15(13)18)16-11-24-17(20-16)21-6-8-23-9-7-21/h2-3,10-11H,4-9H2,1H3,(H,19,22). The molecule has 1 saturated heterocycles. The van der Waals surface area contributed by atoms with Gasteiger partial charge in [0.25, 0.3) is 0 Å². The first kappa shape index (κ1) is 16.9. The molecule has 0 radical (unpaired) electrons.